The lowest BCUT2D eigenvalue weighted by Gasteiger charge is -2.13. The highest BCUT2D eigenvalue weighted by Crippen LogP contribution is 2.27. The van der Waals surface area contributed by atoms with Crippen LogP contribution in [0.5, 0.6) is 0 Å². The van der Waals surface area contributed by atoms with Crippen molar-refractivity contribution in [3.8, 4) is 11.1 Å². The molecule has 1 heterocycles. The number of benzene rings is 2. The highest BCUT2D eigenvalue weighted by molar-refractivity contribution is 9.10. The minimum absolute atomic E-state index is 0.268. The lowest BCUT2D eigenvalue weighted by Crippen LogP contribution is -2.38. The number of amides is 1. The van der Waals surface area contributed by atoms with Gasteiger partial charge in [-0.15, -0.1) is 0 Å². The van der Waals surface area contributed by atoms with Crippen LogP contribution in [-0.4, -0.2) is 24.5 Å². The summed E-state index contributed by atoms with van der Waals surface area (Å²) in [4.78, 5) is 24.0. The molecular weight excluding hydrogens is 346 g/mol. The van der Waals surface area contributed by atoms with Crippen LogP contribution in [0.1, 0.15) is 16.8 Å². The molecule has 1 N–H and O–H groups in total. The Hall–Kier alpha value is -2.14. The highest BCUT2D eigenvalue weighted by atomic mass is 79.9. The molecule has 0 unspecified atom stereocenters. The van der Waals surface area contributed by atoms with E-state index in [1.54, 1.807) is 6.07 Å². The minimum atomic E-state index is -0.556. The molecule has 1 aliphatic rings. The summed E-state index contributed by atoms with van der Waals surface area (Å²) < 4.78 is 5.77. The van der Waals surface area contributed by atoms with Crippen LogP contribution in [0.4, 0.5) is 0 Å². The van der Waals surface area contributed by atoms with Gasteiger partial charge < -0.3 is 10.1 Å². The normalized spacial score (nSPS) is 17.1. The van der Waals surface area contributed by atoms with Gasteiger partial charge in [0.1, 0.15) is 6.04 Å². The summed E-state index contributed by atoms with van der Waals surface area (Å²) in [6.45, 7) is 0.357. The highest BCUT2D eigenvalue weighted by Gasteiger charge is 2.28. The van der Waals surface area contributed by atoms with Crippen LogP contribution in [0.15, 0.2) is 53.0 Å². The van der Waals surface area contributed by atoms with Gasteiger partial charge in [-0.05, 0) is 29.3 Å². The summed E-state index contributed by atoms with van der Waals surface area (Å²) in [6, 6.07) is 14.6. The number of halogens is 1. The van der Waals surface area contributed by atoms with Crippen molar-refractivity contribution < 1.29 is 14.3 Å². The van der Waals surface area contributed by atoms with E-state index in [-0.39, 0.29) is 11.9 Å². The zero-order valence-electron chi connectivity index (χ0n) is 11.7. The molecule has 1 fully saturated rings. The zero-order chi connectivity index (χ0) is 15.5. The van der Waals surface area contributed by atoms with E-state index in [0.717, 1.165) is 15.6 Å². The second-order valence-electron chi connectivity index (χ2n) is 5.04. The predicted octanol–water partition coefficient (Wildman–Crippen LogP) is 3.16. The monoisotopic (exact) mass is 359 g/mol. The van der Waals surface area contributed by atoms with Crippen molar-refractivity contribution in [2.75, 3.05) is 6.61 Å². The maximum absolute atomic E-state index is 12.5. The molecule has 0 aromatic heterocycles. The molecule has 0 saturated carbocycles. The van der Waals surface area contributed by atoms with Gasteiger partial charge in [0.15, 0.2) is 0 Å². The molecular formula is C17H14BrNO3. The first kappa shape index (κ1) is 14.8. The lowest BCUT2D eigenvalue weighted by atomic mass is 9.99. The molecule has 5 heteroatoms. The van der Waals surface area contributed by atoms with Crippen molar-refractivity contribution in [1.29, 1.82) is 0 Å². The first-order chi connectivity index (χ1) is 10.6. The third kappa shape index (κ3) is 3.04. The van der Waals surface area contributed by atoms with Crippen molar-refractivity contribution in [2.24, 2.45) is 0 Å². The van der Waals surface area contributed by atoms with E-state index < -0.39 is 6.04 Å². The molecule has 22 heavy (non-hydrogen) atoms. The molecule has 0 radical (unpaired) electrons. The molecule has 1 saturated heterocycles. The Labute approximate surface area is 136 Å². The van der Waals surface area contributed by atoms with Crippen LogP contribution in [0.3, 0.4) is 0 Å². The largest absolute Gasteiger partial charge is 0.464 e. The molecule has 2 aromatic rings. The van der Waals surface area contributed by atoms with Crippen molar-refractivity contribution in [1.82, 2.24) is 5.32 Å². The summed E-state index contributed by atoms with van der Waals surface area (Å²) in [5.74, 6) is -0.637. The van der Waals surface area contributed by atoms with E-state index in [1.807, 2.05) is 42.5 Å². The van der Waals surface area contributed by atoms with Gasteiger partial charge in [-0.3, -0.25) is 4.79 Å². The summed E-state index contributed by atoms with van der Waals surface area (Å²) in [5.41, 5.74) is 2.30. The molecule has 1 aliphatic heterocycles. The Balaban J connectivity index is 1.93. The standard InChI is InChI=1S/C17H14BrNO3/c18-12-6-7-13(14(10-12)11-4-2-1-3-5-11)16(20)19-15-8-9-22-17(15)21/h1-7,10,15H,8-9H2,(H,19,20)/t15-/m0/s1. The van der Waals surface area contributed by atoms with Crippen LogP contribution in [0.2, 0.25) is 0 Å². The number of hydrogen-bond donors (Lipinski definition) is 1. The van der Waals surface area contributed by atoms with E-state index in [2.05, 4.69) is 21.2 Å². The second kappa shape index (κ2) is 6.32. The first-order valence-electron chi connectivity index (χ1n) is 6.97. The third-order valence-corrected chi connectivity index (χ3v) is 4.04. The Kier molecular flexibility index (Phi) is 4.24. The maximum Gasteiger partial charge on any atom is 0.328 e. The van der Waals surface area contributed by atoms with Crippen LogP contribution in [-0.2, 0) is 9.53 Å². The zero-order valence-corrected chi connectivity index (χ0v) is 13.3. The summed E-state index contributed by atoms with van der Waals surface area (Å²) in [7, 11) is 0. The van der Waals surface area contributed by atoms with Crippen LogP contribution >= 0.6 is 15.9 Å². The van der Waals surface area contributed by atoms with Gasteiger partial charge in [0.05, 0.1) is 6.61 Å². The quantitative estimate of drug-likeness (QED) is 0.856. The number of esters is 1. The first-order valence-corrected chi connectivity index (χ1v) is 7.77. The molecule has 2 aromatic carbocycles. The molecule has 112 valence electrons. The molecule has 3 rings (SSSR count). The number of ether oxygens (including phenoxy) is 1. The van der Waals surface area contributed by atoms with Gasteiger partial charge in [-0.1, -0.05) is 46.3 Å². The number of rotatable bonds is 3. The molecule has 1 atom stereocenters. The van der Waals surface area contributed by atoms with Crippen LogP contribution in [0, 0.1) is 0 Å². The Morgan fingerprint density at radius 3 is 2.64 bits per heavy atom. The Bertz CT molecular complexity index is 715. The smallest absolute Gasteiger partial charge is 0.328 e. The molecule has 0 bridgehead atoms. The summed E-state index contributed by atoms with van der Waals surface area (Å²) in [6.07, 6.45) is 0.516. The van der Waals surface area contributed by atoms with Gasteiger partial charge in [-0.2, -0.15) is 0 Å². The van der Waals surface area contributed by atoms with E-state index in [4.69, 9.17) is 4.74 Å². The summed E-state index contributed by atoms with van der Waals surface area (Å²) >= 11 is 3.43. The van der Waals surface area contributed by atoms with E-state index in [9.17, 15) is 9.59 Å². The van der Waals surface area contributed by atoms with Crippen molar-refractivity contribution >= 4 is 27.8 Å². The number of cyclic esters (lactones) is 1. The van der Waals surface area contributed by atoms with E-state index >= 15 is 0 Å². The van der Waals surface area contributed by atoms with Crippen LogP contribution < -0.4 is 5.32 Å². The Morgan fingerprint density at radius 2 is 1.95 bits per heavy atom. The van der Waals surface area contributed by atoms with Crippen molar-refractivity contribution in [3.63, 3.8) is 0 Å². The van der Waals surface area contributed by atoms with Gasteiger partial charge in [0, 0.05) is 16.5 Å². The molecule has 1 amide bonds. The summed E-state index contributed by atoms with van der Waals surface area (Å²) in [5, 5.41) is 2.75. The van der Waals surface area contributed by atoms with Crippen molar-refractivity contribution in [2.45, 2.75) is 12.5 Å². The predicted molar refractivity (Wildman–Crippen MR) is 86.4 cm³/mol. The number of hydrogen-bond acceptors (Lipinski definition) is 3. The molecule has 0 aliphatic carbocycles. The fourth-order valence-corrected chi connectivity index (χ4v) is 2.80. The second-order valence-corrected chi connectivity index (χ2v) is 5.95. The Morgan fingerprint density at radius 1 is 1.18 bits per heavy atom. The van der Waals surface area contributed by atoms with E-state index in [1.165, 1.54) is 0 Å². The average Bonchev–Trinajstić information content (AvgIpc) is 2.93. The third-order valence-electron chi connectivity index (χ3n) is 3.55. The molecule has 4 nitrogen and oxygen atoms in total. The fraction of sp³-hybridized carbons (Fsp3) is 0.176. The topological polar surface area (TPSA) is 55.4 Å². The number of carbonyl (C=O) groups is 2. The SMILES string of the molecule is O=C(N[C@H]1CCOC1=O)c1ccc(Br)cc1-c1ccccc1. The maximum atomic E-state index is 12.5. The number of carbonyl (C=O) groups excluding carboxylic acids is 2. The van der Waals surface area contributed by atoms with Gasteiger partial charge in [-0.25, -0.2) is 4.79 Å². The fourth-order valence-electron chi connectivity index (χ4n) is 2.43. The van der Waals surface area contributed by atoms with E-state index in [0.29, 0.717) is 18.6 Å². The molecule has 0 spiro atoms. The van der Waals surface area contributed by atoms with Gasteiger partial charge >= 0.3 is 5.97 Å². The van der Waals surface area contributed by atoms with Gasteiger partial charge in [0.2, 0.25) is 0 Å². The van der Waals surface area contributed by atoms with Crippen molar-refractivity contribution in [3.05, 3.63) is 58.6 Å². The minimum Gasteiger partial charge on any atom is -0.464 e. The number of nitrogens with one attached hydrogen (secondary N) is 1. The van der Waals surface area contributed by atoms with Crippen LogP contribution in [0.25, 0.3) is 11.1 Å². The average molecular weight is 360 g/mol. The lowest BCUT2D eigenvalue weighted by molar-refractivity contribution is -0.139. The van der Waals surface area contributed by atoms with Gasteiger partial charge in [0.25, 0.3) is 5.91 Å².